The van der Waals surface area contributed by atoms with E-state index in [1.165, 1.54) is 24.3 Å². The largest absolute Gasteiger partial charge is 0.483 e. The van der Waals surface area contributed by atoms with Gasteiger partial charge in [0, 0.05) is 31.1 Å². The summed E-state index contributed by atoms with van der Waals surface area (Å²) in [4.78, 5) is 21.8. The van der Waals surface area contributed by atoms with E-state index in [0.29, 0.717) is 58.9 Å². The Labute approximate surface area is 240 Å². The van der Waals surface area contributed by atoms with Crippen LogP contribution in [0.4, 0.5) is 20.4 Å². The van der Waals surface area contributed by atoms with E-state index in [2.05, 4.69) is 30.3 Å². The molecule has 0 saturated carbocycles. The van der Waals surface area contributed by atoms with E-state index in [1.54, 1.807) is 30.5 Å². The number of aryl methyl sites for hydroxylation is 1. The van der Waals surface area contributed by atoms with E-state index < -0.39 is 22.0 Å². The highest BCUT2D eigenvalue weighted by atomic mass is 32.2. The smallest absolute Gasteiger partial charge is 0.290 e. The highest BCUT2D eigenvalue weighted by Crippen LogP contribution is 2.27. The number of piperidine rings is 1. The SMILES string of the molecule is Cc1cc(-c2ccc(NS(=O)(=O)Cc3ccc(C#N)cc3)c(F)c2)nc2cnc(N[C@@H]3CNC[C@@H](F)C3)nc12.O=CO. The number of carboxylic acid groups (broad SMARTS) is 1. The summed E-state index contributed by atoms with van der Waals surface area (Å²) in [5.74, 6) is -0.739. The Bertz CT molecular complexity index is 1730. The molecule has 2 aromatic heterocycles. The number of alkyl halides is 1. The van der Waals surface area contributed by atoms with Gasteiger partial charge in [-0.3, -0.25) is 9.52 Å². The van der Waals surface area contributed by atoms with Gasteiger partial charge in [0.05, 0.1) is 40.5 Å². The predicted molar refractivity (Wildman–Crippen MR) is 153 cm³/mol. The number of fused-ring (bicyclic) bond motifs is 1. The van der Waals surface area contributed by atoms with E-state index in [0.717, 1.165) is 5.56 Å². The van der Waals surface area contributed by atoms with Gasteiger partial charge in [-0.2, -0.15) is 5.26 Å². The van der Waals surface area contributed by atoms with Crippen molar-refractivity contribution in [3.63, 3.8) is 0 Å². The molecule has 3 heterocycles. The average molecular weight is 596 g/mol. The first-order valence-electron chi connectivity index (χ1n) is 12.7. The molecular formula is C28H27F2N7O4S. The third-order valence-electron chi connectivity index (χ3n) is 6.34. The maximum atomic E-state index is 15.0. The number of nitrogens with zero attached hydrogens (tertiary/aromatic N) is 4. The lowest BCUT2D eigenvalue weighted by atomic mass is 10.1. The topological polar surface area (TPSA) is 170 Å². The van der Waals surface area contributed by atoms with Crippen LogP contribution in [0, 0.1) is 24.1 Å². The van der Waals surface area contributed by atoms with Crippen LogP contribution in [0.3, 0.4) is 0 Å². The van der Waals surface area contributed by atoms with Crippen LogP contribution >= 0.6 is 0 Å². The Morgan fingerprint density at radius 2 is 1.90 bits per heavy atom. The molecule has 0 aliphatic carbocycles. The molecule has 1 aliphatic rings. The molecule has 1 saturated heterocycles. The van der Waals surface area contributed by atoms with Crippen molar-refractivity contribution in [2.24, 2.45) is 0 Å². The fourth-order valence-corrected chi connectivity index (χ4v) is 5.64. The van der Waals surface area contributed by atoms with E-state index in [4.69, 9.17) is 15.2 Å². The van der Waals surface area contributed by atoms with Crippen molar-refractivity contribution in [3.8, 4) is 17.3 Å². The second kappa shape index (κ2) is 13.3. The number of pyridine rings is 1. The Hall–Kier alpha value is -4.74. The Morgan fingerprint density at radius 3 is 2.57 bits per heavy atom. The average Bonchev–Trinajstić information content (AvgIpc) is 2.95. The number of aromatic nitrogens is 3. The third kappa shape index (κ3) is 7.71. The maximum Gasteiger partial charge on any atom is 0.290 e. The fourth-order valence-electron chi connectivity index (χ4n) is 4.44. The molecule has 11 nitrogen and oxygen atoms in total. The second-order valence-corrected chi connectivity index (χ2v) is 11.3. The van der Waals surface area contributed by atoms with Crippen LogP contribution < -0.4 is 15.4 Å². The Balaban J connectivity index is 0.00000129. The zero-order chi connectivity index (χ0) is 30.3. The van der Waals surface area contributed by atoms with Crippen LogP contribution in [-0.2, 0) is 20.6 Å². The van der Waals surface area contributed by atoms with Gasteiger partial charge >= 0.3 is 0 Å². The number of hydrogen-bond acceptors (Lipinski definition) is 9. The summed E-state index contributed by atoms with van der Waals surface area (Å²) in [7, 11) is -3.90. The molecule has 42 heavy (non-hydrogen) atoms. The zero-order valence-electron chi connectivity index (χ0n) is 22.4. The number of halogens is 2. The maximum absolute atomic E-state index is 15.0. The van der Waals surface area contributed by atoms with Gasteiger partial charge in [0.1, 0.15) is 17.5 Å². The fraction of sp³-hybridized carbons (Fsp3) is 0.250. The van der Waals surface area contributed by atoms with Gasteiger partial charge in [-0.15, -0.1) is 0 Å². The molecule has 2 aromatic carbocycles. The lowest BCUT2D eigenvalue weighted by molar-refractivity contribution is -0.122. The molecule has 0 amide bonds. The summed E-state index contributed by atoms with van der Waals surface area (Å²) in [6, 6.07) is 13.9. The van der Waals surface area contributed by atoms with E-state index in [1.807, 2.05) is 13.0 Å². The van der Waals surface area contributed by atoms with Gasteiger partial charge in [-0.05, 0) is 48.4 Å². The van der Waals surface area contributed by atoms with Crippen molar-refractivity contribution in [2.45, 2.75) is 31.3 Å². The lowest BCUT2D eigenvalue weighted by Gasteiger charge is -2.26. The van der Waals surface area contributed by atoms with Gasteiger partial charge in [0.15, 0.2) is 0 Å². The van der Waals surface area contributed by atoms with Crippen molar-refractivity contribution >= 4 is 39.2 Å². The van der Waals surface area contributed by atoms with Gasteiger partial charge in [-0.1, -0.05) is 18.2 Å². The number of hydrogen-bond donors (Lipinski definition) is 4. The molecular weight excluding hydrogens is 568 g/mol. The molecule has 0 radical (unpaired) electrons. The molecule has 4 N–H and O–H groups in total. The van der Waals surface area contributed by atoms with Crippen molar-refractivity contribution < 1.29 is 27.1 Å². The minimum atomic E-state index is -3.90. The van der Waals surface area contributed by atoms with Crippen molar-refractivity contribution in [1.82, 2.24) is 20.3 Å². The molecule has 0 unspecified atom stereocenters. The predicted octanol–water partition coefficient (Wildman–Crippen LogP) is 3.77. The molecule has 4 aromatic rings. The molecule has 1 fully saturated rings. The summed E-state index contributed by atoms with van der Waals surface area (Å²) in [5.41, 5.74) is 3.55. The van der Waals surface area contributed by atoms with Crippen molar-refractivity contribution in [2.75, 3.05) is 23.1 Å². The number of anilines is 2. The zero-order valence-corrected chi connectivity index (χ0v) is 23.2. The molecule has 0 bridgehead atoms. The van der Waals surface area contributed by atoms with Crippen LogP contribution in [0.2, 0.25) is 0 Å². The summed E-state index contributed by atoms with van der Waals surface area (Å²) in [6.07, 6.45) is 1.01. The molecule has 2 atom stereocenters. The van der Waals surface area contributed by atoms with Crippen LogP contribution in [0.25, 0.3) is 22.3 Å². The molecule has 0 spiro atoms. The highest BCUT2D eigenvalue weighted by Gasteiger charge is 2.22. The normalized spacial score (nSPS) is 16.5. The summed E-state index contributed by atoms with van der Waals surface area (Å²) >= 11 is 0. The highest BCUT2D eigenvalue weighted by molar-refractivity contribution is 7.91. The second-order valence-electron chi connectivity index (χ2n) is 9.55. The standard InChI is InChI=1S/C27H25F2N7O2S.CH2O2/c1-16-8-24(34-25-14-32-27(35-26(16)25)33-21-10-20(28)12-31-13-21)19-6-7-23(22(29)9-19)36-39(37,38)15-18-4-2-17(11-30)3-5-18;2-1-3/h2-9,14,20-21,31,36H,10,12-13,15H2,1H3,(H,32,33,35);1H,(H,2,3)/t20-,21-;/m0./s1. The number of sulfonamides is 1. The lowest BCUT2D eigenvalue weighted by Crippen LogP contribution is -2.44. The van der Waals surface area contributed by atoms with Gasteiger partial charge in [0.2, 0.25) is 16.0 Å². The Morgan fingerprint density at radius 1 is 1.17 bits per heavy atom. The monoisotopic (exact) mass is 595 g/mol. The third-order valence-corrected chi connectivity index (χ3v) is 7.58. The van der Waals surface area contributed by atoms with E-state index in [9.17, 15) is 17.2 Å². The quantitative estimate of drug-likeness (QED) is 0.231. The van der Waals surface area contributed by atoms with Crippen LogP contribution in [-0.4, -0.2) is 60.3 Å². The van der Waals surface area contributed by atoms with Gasteiger partial charge < -0.3 is 15.7 Å². The van der Waals surface area contributed by atoms with E-state index >= 15 is 0 Å². The molecule has 14 heteroatoms. The Kier molecular flexibility index (Phi) is 9.56. The van der Waals surface area contributed by atoms with Crippen molar-refractivity contribution in [1.29, 1.82) is 5.26 Å². The molecule has 218 valence electrons. The van der Waals surface area contributed by atoms with Crippen LogP contribution in [0.1, 0.15) is 23.1 Å². The van der Waals surface area contributed by atoms with Gasteiger partial charge in [0.25, 0.3) is 6.47 Å². The van der Waals surface area contributed by atoms with Gasteiger partial charge in [-0.25, -0.2) is 32.2 Å². The summed E-state index contributed by atoms with van der Waals surface area (Å²) in [6.45, 7) is 2.56. The first-order chi connectivity index (χ1) is 20.1. The number of carbonyl (C=O) groups is 1. The summed E-state index contributed by atoms with van der Waals surface area (Å²) < 4.78 is 56.1. The summed E-state index contributed by atoms with van der Waals surface area (Å²) in [5, 5.41) is 22.0. The van der Waals surface area contributed by atoms with Crippen LogP contribution in [0.5, 0.6) is 0 Å². The van der Waals surface area contributed by atoms with Crippen molar-refractivity contribution in [3.05, 3.63) is 77.2 Å². The number of rotatable bonds is 7. The number of nitriles is 1. The first-order valence-corrected chi connectivity index (χ1v) is 14.4. The molecule has 1 aliphatic heterocycles. The van der Waals surface area contributed by atoms with E-state index in [-0.39, 0.29) is 24.0 Å². The minimum Gasteiger partial charge on any atom is -0.483 e. The number of nitrogens with one attached hydrogen (secondary N) is 3. The minimum absolute atomic E-state index is 0.123. The molecule has 5 rings (SSSR count). The first kappa shape index (κ1) is 30.2. The number of benzene rings is 2. The van der Waals surface area contributed by atoms with Crippen LogP contribution in [0.15, 0.2) is 54.7 Å².